The number of nitrogens with one attached hydrogen (secondary N) is 1. The Hall–Kier alpha value is -3.29. The van der Waals surface area contributed by atoms with Gasteiger partial charge < -0.3 is 24.4 Å². The van der Waals surface area contributed by atoms with Gasteiger partial charge in [0.2, 0.25) is 11.8 Å². The number of hydrogen-bond donors (Lipinski definition) is 1. The van der Waals surface area contributed by atoms with Crippen LogP contribution in [0.15, 0.2) is 36.5 Å². The second-order valence-electron chi connectivity index (χ2n) is 6.78. The molecule has 0 aliphatic carbocycles. The zero-order valence-electron chi connectivity index (χ0n) is 16.8. The lowest BCUT2D eigenvalue weighted by atomic mass is 10.1. The van der Waals surface area contributed by atoms with Crippen LogP contribution in [0.2, 0.25) is 0 Å². The predicted octanol–water partition coefficient (Wildman–Crippen LogP) is 2.74. The van der Waals surface area contributed by atoms with E-state index in [2.05, 4.69) is 10.3 Å². The van der Waals surface area contributed by atoms with E-state index in [9.17, 15) is 9.59 Å². The molecule has 0 radical (unpaired) electrons. The van der Waals surface area contributed by atoms with Crippen LogP contribution in [0, 0.1) is 0 Å². The summed E-state index contributed by atoms with van der Waals surface area (Å²) in [6.45, 7) is 2.63. The van der Waals surface area contributed by atoms with Gasteiger partial charge in [-0.25, -0.2) is 4.98 Å². The molecular formula is C21H25N3O5. The van der Waals surface area contributed by atoms with Crippen molar-refractivity contribution in [3.8, 4) is 17.4 Å². The molecule has 1 aliphatic heterocycles. The third-order valence-electron chi connectivity index (χ3n) is 4.67. The van der Waals surface area contributed by atoms with Gasteiger partial charge in [-0.3, -0.25) is 9.59 Å². The maximum atomic E-state index is 12.9. The predicted molar refractivity (Wildman–Crippen MR) is 108 cm³/mol. The Labute approximate surface area is 169 Å². The fraction of sp³-hybridized carbons (Fsp3) is 0.381. The second-order valence-corrected chi connectivity index (χ2v) is 6.78. The molecule has 2 amide bonds. The van der Waals surface area contributed by atoms with Crippen LogP contribution in [0.25, 0.3) is 0 Å². The number of likely N-dealkylation sites (tertiary alicyclic amines) is 1. The first-order chi connectivity index (χ1) is 14.0. The summed E-state index contributed by atoms with van der Waals surface area (Å²) < 4.78 is 16.4. The Morgan fingerprint density at radius 1 is 1.07 bits per heavy atom. The average molecular weight is 399 g/mol. The monoisotopic (exact) mass is 399 g/mol. The fourth-order valence-corrected chi connectivity index (χ4v) is 3.19. The Kier molecular flexibility index (Phi) is 6.54. The first-order valence-corrected chi connectivity index (χ1v) is 9.41. The number of methoxy groups -OCH3 is 2. The number of rotatable bonds is 6. The summed E-state index contributed by atoms with van der Waals surface area (Å²) in [6, 6.07) is 8.65. The number of hydrogen-bond acceptors (Lipinski definition) is 6. The van der Waals surface area contributed by atoms with Crippen molar-refractivity contribution in [2.45, 2.75) is 25.9 Å². The van der Waals surface area contributed by atoms with Crippen LogP contribution >= 0.6 is 0 Å². The minimum absolute atomic E-state index is 0.0157. The molecule has 1 aromatic heterocycles. The van der Waals surface area contributed by atoms with Crippen molar-refractivity contribution in [2.75, 3.05) is 32.6 Å². The van der Waals surface area contributed by atoms with Crippen LogP contribution in [-0.4, -0.2) is 55.1 Å². The molecule has 1 aliphatic rings. The summed E-state index contributed by atoms with van der Waals surface area (Å²) in [6.07, 6.45) is 2.97. The van der Waals surface area contributed by atoms with Crippen molar-refractivity contribution in [3.05, 3.63) is 42.1 Å². The van der Waals surface area contributed by atoms with Gasteiger partial charge in [0.25, 0.3) is 5.91 Å². The van der Waals surface area contributed by atoms with Gasteiger partial charge in [0.15, 0.2) is 0 Å². The maximum Gasteiger partial charge on any atom is 0.254 e. The summed E-state index contributed by atoms with van der Waals surface area (Å²) in [5.74, 6) is 1.46. The molecule has 1 aromatic carbocycles. The summed E-state index contributed by atoms with van der Waals surface area (Å²) >= 11 is 0. The maximum absolute atomic E-state index is 12.9. The number of piperidine rings is 1. The van der Waals surface area contributed by atoms with Gasteiger partial charge >= 0.3 is 0 Å². The molecule has 0 saturated carbocycles. The summed E-state index contributed by atoms with van der Waals surface area (Å²) in [5, 5.41) is 2.67. The third-order valence-corrected chi connectivity index (χ3v) is 4.67. The Balaban J connectivity index is 1.56. The molecule has 29 heavy (non-hydrogen) atoms. The molecule has 1 fully saturated rings. The van der Waals surface area contributed by atoms with E-state index >= 15 is 0 Å². The number of ether oxygens (including phenoxy) is 3. The average Bonchev–Trinajstić information content (AvgIpc) is 2.74. The first kappa shape index (κ1) is 20.4. The third kappa shape index (κ3) is 5.37. The standard InChI is InChI=1S/C21H25N3O5/c1-14(25)23-16-4-5-20(22-13-16)29-17-6-8-24(9-7-17)21(26)15-10-18(27-2)12-19(11-15)28-3/h4-5,10-13,17H,6-9H2,1-3H3,(H,23,25). The van der Waals surface area contributed by atoms with Crippen molar-refractivity contribution in [1.82, 2.24) is 9.88 Å². The molecule has 1 N–H and O–H groups in total. The molecule has 8 heteroatoms. The van der Waals surface area contributed by atoms with Gasteiger partial charge in [0.1, 0.15) is 17.6 Å². The highest BCUT2D eigenvalue weighted by molar-refractivity contribution is 5.95. The van der Waals surface area contributed by atoms with Crippen molar-refractivity contribution >= 4 is 17.5 Å². The van der Waals surface area contributed by atoms with Crippen molar-refractivity contribution in [3.63, 3.8) is 0 Å². The van der Waals surface area contributed by atoms with Crippen LogP contribution in [0.1, 0.15) is 30.1 Å². The fourth-order valence-electron chi connectivity index (χ4n) is 3.19. The largest absolute Gasteiger partial charge is 0.497 e. The molecule has 2 aromatic rings. The lowest BCUT2D eigenvalue weighted by Gasteiger charge is -2.32. The van der Waals surface area contributed by atoms with Crippen molar-refractivity contribution in [2.24, 2.45) is 0 Å². The number of carbonyl (C=O) groups is 2. The number of anilines is 1. The number of aromatic nitrogens is 1. The number of amides is 2. The van der Waals surface area contributed by atoms with Gasteiger partial charge in [0.05, 0.1) is 26.1 Å². The van der Waals surface area contributed by atoms with Gasteiger partial charge in [0, 0.05) is 50.6 Å². The molecule has 8 nitrogen and oxygen atoms in total. The second kappa shape index (κ2) is 9.27. The lowest BCUT2D eigenvalue weighted by Crippen LogP contribution is -2.41. The van der Waals surface area contributed by atoms with E-state index < -0.39 is 0 Å². The lowest BCUT2D eigenvalue weighted by molar-refractivity contribution is -0.114. The normalized spacial score (nSPS) is 14.2. The number of carbonyl (C=O) groups excluding carboxylic acids is 2. The molecular weight excluding hydrogens is 374 g/mol. The summed E-state index contributed by atoms with van der Waals surface area (Å²) in [5.41, 5.74) is 1.16. The van der Waals surface area contributed by atoms with E-state index in [0.29, 0.717) is 54.6 Å². The first-order valence-electron chi connectivity index (χ1n) is 9.41. The molecule has 0 unspecified atom stereocenters. The summed E-state index contributed by atoms with van der Waals surface area (Å²) in [7, 11) is 3.12. The van der Waals surface area contributed by atoms with Crippen LogP contribution in [0.3, 0.4) is 0 Å². The van der Waals surface area contributed by atoms with Gasteiger partial charge in [-0.15, -0.1) is 0 Å². The van der Waals surface area contributed by atoms with Crippen LogP contribution in [0.4, 0.5) is 5.69 Å². The Morgan fingerprint density at radius 3 is 2.24 bits per heavy atom. The molecule has 154 valence electrons. The minimum Gasteiger partial charge on any atom is -0.497 e. The minimum atomic E-state index is -0.147. The van der Waals surface area contributed by atoms with Crippen LogP contribution < -0.4 is 19.5 Å². The van der Waals surface area contributed by atoms with Gasteiger partial charge in [-0.2, -0.15) is 0 Å². The van der Waals surface area contributed by atoms with E-state index in [0.717, 1.165) is 0 Å². The number of nitrogens with zero attached hydrogens (tertiary/aromatic N) is 2. The van der Waals surface area contributed by atoms with E-state index in [4.69, 9.17) is 14.2 Å². The van der Waals surface area contributed by atoms with E-state index in [1.54, 1.807) is 55.6 Å². The molecule has 0 atom stereocenters. The Bertz CT molecular complexity index is 839. The zero-order valence-corrected chi connectivity index (χ0v) is 16.8. The van der Waals surface area contributed by atoms with Crippen molar-refractivity contribution in [1.29, 1.82) is 0 Å². The molecule has 1 saturated heterocycles. The highest BCUT2D eigenvalue weighted by Crippen LogP contribution is 2.25. The van der Waals surface area contributed by atoms with Gasteiger partial charge in [-0.05, 0) is 18.2 Å². The van der Waals surface area contributed by atoms with Crippen LogP contribution in [0.5, 0.6) is 17.4 Å². The SMILES string of the molecule is COc1cc(OC)cc(C(=O)N2CCC(Oc3ccc(NC(C)=O)cn3)CC2)c1. The number of pyridine rings is 1. The quantitative estimate of drug-likeness (QED) is 0.803. The molecule has 0 spiro atoms. The smallest absolute Gasteiger partial charge is 0.254 e. The highest BCUT2D eigenvalue weighted by atomic mass is 16.5. The zero-order chi connectivity index (χ0) is 20.8. The Morgan fingerprint density at radius 2 is 1.72 bits per heavy atom. The van der Waals surface area contributed by atoms with E-state index in [-0.39, 0.29) is 17.9 Å². The number of benzene rings is 1. The van der Waals surface area contributed by atoms with Crippen molar-refractivity contribution < 1.29 is 23.8 Å². The van der Waals surface area contributed by atoms with Gasteiger partial charge in [-0.1, -0.05) is 0 Å². The van der Waals surface area contributed by atoms with E-state index in [1.807, 2.05) is 0 Å². The topological polar surface area (TPSA) is 90.0 Å². The van der Waals surface area contributed by atoms with Crippen LogP contribution in [-0.2, 0) is 4.79 Å². The summed E-state index contributed by atoms with van der Waals surface area (Å²) in [4.78, 5) is 29.9. The highest BCUT2D eigenvalue weighted by Gasteiger charge is 2.25. The molecule has 0 bridgehead atoms. The molecule has 2 heterocycles. The van der Waals surface area contributed by atoms with E-state index in [1.165, 1.54) is 6.92 Å². The molecule has 3 rings (SSSR count).